The fourth-order valence-corrected chi connectivity index (χ4v) is 3.61. The second kappa shape index (κ2) is 8.56. The lowest BCUT2D eigenvalue weighted by Crippen LogP contribution is -2.37. The number of hydrogen-bond donors (Lipinski definition) is 1. The molecule has 1 fully saturated rings. The van der Waals surface area contributed by atoms with Gasteiger partial charge in [0.2, 0.25) is 5.91 Å². The third-order valence-electron chi connectivity index (χ3n) is 4.87. The average molecular weight is 373 g/mol. The predicted molar refractivity (Wildman–Crippen MR) is 106 cm³/mol. The van der Waals surface area contributed by atoms with Crippen molar-refractivity contribution in [2.75, 3.05) is 25.5 Å². The van der Waals surface area contributed by atoms with Gasteiger partial charge in [0.25, 0.3) is 0 Å². The number of anilines is 1. The maximum absolute atomic E-state index is 12.7. The lowest BCUT2D eigenvalue weighted by molar-refractivity contribution is -0.121. The van der Waals surface area contributed by atoms with Crippen LogP contribution in [0.25, 0.3) is 0 Å². The van der Waals surface area contributed by atoms with Gasteiger partial charge in [0.1, 0.15) is 5.75 Å². The largest absolute Gasteiger partial charge is 0.495 e. The van der Waals surface area contributed by atoms with Crippen LogP contribution in [-0.2, 0) is 11.3 Å². The van der Waals surface area contributed by atoms with E-state index in [-0.39, 0.29) is 11.8 Å². The molecule has 0 bridgehead atoms. The molecule has 0 saturated carbocycles. The summed E-state index contributed by atoms with van der Waals surface area (Å²) in [5, 5.41) is 3.81. The number of carbonyl (C=O) groups is 1. The van der Waals surface area contributed by atoms with Crippen LogP contribution < -0.4 is 10.1 Å². The van der Waals surface area contributed by atoms with Crippen LogP contribution in [0.4, 0.5) is 5.69 Å². The Balaban J connectivity index is 1.54. The summed E-state index contributed by atoms with van der Waals surface area (Å²) in [7, 11) is 1.62. The third-order valence-corrected chi connectivity index (χ3v) is 5.10. The normalized spacial score (nSPS) is 15.7. The van der Waals surface area contributed by atoms with Crippen LogP contribution in [0.5, 0.6) is 5.75 Å². The highest BCUT2D eigenvalue weighted by atomic mass is 35.5. The summed E-state index contributed by atoms with van der Waals surface area (Å²) >= 11 is 6.06. The minimum absolute atomic E-state index is 0.0378. The lowest BCUT2D eigenvalue weighted by Gasteiger charge is -2.31. The highest BCUT2D eigenvalue weighted by Gasteiger charge is 2.25. The first kappa shape index (κ1) is 18.7. The van der Waals surface area contributed by atoms with Crippen molar-refractivity contribution in [2.45, 2.75) is 26.3 Å². The molecular formula is C21H25ClN2O2. The molecule has 26 heavy (non-hydrogen) atoms. The molecule has 1 N–H and O–H groups in total. The molecule has 1 aliphatic rings. The van der Waals surface area contributed by atoms with Crippen LogP contribution in [-0.4, -0.2) is 31.0 Å². The number of nitrogens with one attached hydrogen (secondary N) is 1. The van der Waals surface area contributed by atoms with Gasteiger partial charge in [0.15, 0.2) is 0 Å². The summed E-state index contributed by atoms with van der Waals surface area (Å²) in [6, 6.07) is 13.8. The number of carbonyl (C=O) groups excluding carboxylic acids is 1. The van der Waals surface area contributed by atoms with Gasteiger partial charge >= 0.3 is 0 Å². The molecule has 1 amide bonds. The van der Waals surface area contributed by atoms with Crippen LogP contribution >= 0.6 is 11.6 Å². The van der Waals surface area contributed by atoms with E-state index in [1.54, 1.807) is 7.11 Å². The number of aryl methyl sites for hydroxylation is 1. The van der Waals surface area contributed by atoms with Crippen molar-refractivity contribution in [3.8, 4) is 5.75 Å². The second-order valence-electron chi connectivity index (χ2n) is 6.87. The second-order valence-corrected chi connectivity index (χ2v) is 7.31. The zero-order valence-electron chi connectivity index (χ0n) is 15.3. The number of methoxy groups -OCH3 is 1. The lowest BCUT2D eigenvalue weighted by atomic mass is 9.95. The first-order valence-corrected chi connectivity index (χ1v) is 9.35. The van der Waals surface area contributed by atoms with E-state index in [9.17, 15) is 4.79 Å². The smallest absolute Gasteiger partial charge is 0.227 e. The van der Waals surface area contributed by atoms with E-state index >= 15 is 0 Å². The summed E-state index contributed by atoms with van der Waals surface area (Å²) in [5.74, 6) is 0.814. The quantitative estimate of drug-likeness (QED) is 0.839. The van der Waals surface area contributed by atoms with E-state index in [4.69, 9.17) is 16.3 Å². The van der Waals surface area contributed by atoms with Crippen LogP contribution in [0.3, 0.4) is 0 Å². The van der Waals surface area contributed by atoms with Crippen molar-refractivity contribution in [1.82, 2.24) is 4.90 Å². The van der Waals surface area contributed by atoms with Gasteiger partial charge in [-0.1, -0.05) is 29.8 Å². The minimum Gasteiger partial charge on any atom is -0.495 e. The maximum atomic E-state index is 12.7. The molecule has 4 nitrogen and oxygen atoms in total. The topological polar surface area (TPSA) is 41.6 Å². The summed E-state index contributed by atoms with van der Waals surface area (Å²) in [6.07, 6.45) is 1.72. The predicted octanol–water partition coefficient (Wildman–Crippen LogP) is 4.51. The Kier molecular flexibility index (Phi) is 6.17. The van der Waals surface area contributed by atoms with Gasteiger partial charge in [-0.25, -0.2) is 0 Å². The highest BCUT2D eigenvalue weighted by molar-refractivity contribution is 6.30. The maximum Gasteiger partial charge on any atom is 0.227 e. The molecule has 0 aromatic heterocycles. The number of hydrogen-bond acceptors (Lipinski definition) is 3. The Hall–Kier alpha value is -2.04. The van der Waals surface area contributed by atoms with Gasteiger partial charge in [-0.3, -0.25) is 9.69 Å². The minimum atomic E-state index is 0.0378. The Bertz CT molecular complexity index is 770. The SMILES string of the molecule is COc1ccc(C)cc1NC(=O)C1CCN(Cc2cccc(Cl)c2)CC1. The number of likely N-dealkylation sites (tertiary alicyclic amines) is 1. The molecule has 2 aromatic rings. The molecule has 2 aromatic carbocycles. The van der Waals surface area contributed by atoms with E-state index in [1.807, 2.05) is 43.3 Å². The van der Waals surface area contributed by atoms with E-state index in [0.29, 0.717) is 5.75 Å². The summed E-state index contributed by atoms with van der Waals surface area (Å²) in [4.78, 5) is 15.0. The number of amides is 1. The zero-order chi connectivity index (χ0) is 18.5. The fraction of sp³-hybridized carbons (Fsp3) is 0.381. The molecule has 0 atom stereocenters. The van der Waals surface area contributed by atoms with E-state index in [1.165, 1.54) is 5.56 Å². The van der Waals surface area contributed by atoms with Crippen molar-refractivity contribution in [2.24, 2.45) is 5.92 Å². The van der Waals surface area contributed by atoms with Gasteiger partial charge in [-0.05, 0) is 68.2 Å². The first-order valence-electron chi connectivity index (χ1n) is 8.97. The van der Waals surface area contributed by atoms with Crippen LogP contribution in [0.1, 0.15) is 24.0 Å². The Morgan fingerprint density at radius 3 is 2.69 bits per heavy atom. The van der Waals surface area contributed by atoms with Crippen LogP contribution in [0, 0.1) is 12.8 Å². The average Bonchev–Trinajstić information content (AvgIpc) is 2.62. The van der Waals surface area contributed by atoms with Gasteiger partial charge in [-0.2, -0.15) is 0 Å². The van der Waals surface area contributed by atoms with E-state index in [2.05, 4.69) is 16.3 Å². The number of halogens is 1. The van der Waals surface area contributed by atoms with E-state index in [0.717, 1.165) is 48.7 Å². The van der Waals surface area contributed by atoms with Gasteiger partial charge < -0.3 is 10.1 Å². The number of ether oxygens (including phenoxy) is 1. The molecule has 0 spiro atoms. The van der Waals surface area contributed by atoms with Gasteiger partial charge in [0.05, 0.1) is 12.8 Å². The van der Waals surface area contributed by atoms with Crippen molar-refractivity contribution in [1.29, 1.82) is 0 Å². The highest BCUT2D eigenvalue weighted by Crippen LogP contribution is 2.27. The van der Waals surface area contributed by atoms with Gasteiger partial charge in [0, 0.05) is 17.5 Å². The standard InChI is InChI=1S/C21H25ClN2O2/c1-15-6-7-20(26-2)19(12-15)23-21(25)17-8-10-24(11-9-17)14-16-4-3-5-18(22)13-16/h3-7,12-13,17H,8-11,14H2,1-2H3,(H,23,25). The van der Waals surface area contributed by atoms with Crippen molar-refractivity contribution >= 4 is 23.2 Å². The molecule has 1 saturated heterocycles. The summed E-state index contributed by atoms with van der Waals surface area (Å²) in [6.45, 7) is 4.70. The molecule has 0 radical (unpaired) electrons. The molecular weight excluding hydrogens is 348 g/mol. The Labute approximate surface area is 160 Å². The molecule has 138 valence electrons. The number of nitrogens with zero attached hydrogens (tertiary/aromatic N) is 1. The van der Waals surface area contributed by atoms with Crippen LogP contribution in [0.15, 0.2) is 42.5 Å². The first-order chi connectivity index (χ1) is 12.5. The Morgan fingerprint density at radius 1 is 1.23 bits per heavy atom. The molecule has 0 unspecified atom stereocenters. The van der Waals surface area contributed by atoms with Crippen molar-refractivity contribution in [3.05, 3.63) is 58.6 Å². The van der Waals surface area contributed by atoms with Crippen molar-refractivity contribution in [3.63, 3.8) is 0 Å². The third kappa shape index (κ3) is 4.77. The number of benzene rings is 2. The number of piperidine rings is 1. The molecule has 3 rings (SSSR count). The molecule has 0 aliphatic carbocycles. The van der Waals surface area contributed by atoms with E-state index < -0.39 is 0 Å². The Morgan fingerprint density at radius 2 is 2.00 bits per heavy atom. The number of rotatable bonds is 5. The van der Waals surface area contributed by atoms with Crippen molar-refractivity contribution < 1.29 is 9.53 Å². The van der Waals surface area contributed by atoms with Crippen LogP contribution in [0.2, 0.25) is 5.02 Å². The molecule has 1 heterocycles. The fourth-order valence-electron chi connectivity index (χ4n) is 3.40. The molecule has 5 heteroatoms. The zero-order valence-corrected chi connectivity index (χ0v) is 16.1. The monoisotopic (exact) mass is 372 g/mol. The van der Waals surface area contributed by atoms with Gasteiger partial charge in [-0.15, -0.1) is 0 Å². The summed E-state index contributed by atoms with van der Waals surface area (Å²) < 4.78 is 5.35. The summed E-state index contributed by atoms with van der Waals surface area (Å²) in [5.41, 5.74) is 3.06. The molecule has 1 aliphatic heterocycles.